The van der Waals surface area contributed by atoms with Crippen LogP contribution in [0, 0.1) is 0 Å². The number of aliphatic imine (C=N–C) groups is 2. The van der Waals surface area contributed by atoms with Gasteiger partial charge in [-0.15, -0.1) is 0 Å². The summed E-state index contributed by atoms with van der Waals surface area (Å²) >= 11 is 5.86. The normalized spacial score (nSPS) is 22.0. The number of halogens is 1. The zero-order valence-corrected chi connectivity index (χ0v) is 13.1. The smallest absolute Gasteiger partial charge is 0.345 e. The Hall–Kier alpha value is -1.67. The van der Waals surface area contributed by atoms with Gasteiger partial charge in [-0.1, -0.05) is 12.8 Å². The molecule has 0 bridgehead atoms. The minimum Gasteiger partial charge on any atom is -0.469 e. The average Bonchev–Trinajstić information content (AvgIpc) is 3.01. The topological polar surface area (TPSA) is 97.7 Å². The van der Waals surface area contributed by atoms with Gasteiger partial charge in [-0.05, 0) is 24.4 Å². The first kappa shape index (κ1) is 16.7. The van der Waals surface area contributed by atoms with Crippen LogP contribution >= 0.6 is 11.6 Å². The highest BCUT2D eigenvalue weighted by atomic mass is 35.5. The molecule has 0 saturated heterocycles. The van der Waals surface area contributed by atoms with Crippen molar-refractivity contribution in [2.75, 3.05) is 13.7 Å². The van der Waals surface area contributed by atoms with Crippen LogP contribution in [-0.2, 0) is 9.53 Å². The Morgan fingerprint density at radius 1 is 1.50 bits per heavy atom. The zero-order chi connectivity index (χ0) is 16.1. The Kier molecular flexibility index (Phi) is 5.73. The van der Waals surface area contributed by atoms with Gasteiger partial charge >= 0.3 is 11.7 Å². The van der Waals surface area contributed by atoms with E-state index in [0.717, 1.165) is 25.7 Å². The number of amidine groups is 1. The maximum atomic E-state index is 11.4. The number of methoxy groups -OCH3 is 1. The summed E-state index contributed by atoms with van der Waals surface area (Å²) in [6, 6.07) is 0.198. The summed E-state index contributed by atoms with van der Waals surface area (Å²) in [6.07, 6.45) is 4.88. The fourth-order valence-electron chi connectivity index (χ4n) is 2.85. The first-order valence-corrected chi connectivity index (χ1v) is 7.55. The molecule has 1 fully saturated rings. The number of carbonyl (C=O) groups is 1. The summed E-state index contributed by atoms with van der Waals surface area (Å²) in [5.74, 6) is -0.325. The number of nitrogens with zero attached hydrogens (tertiary/aromatic N) is 4. The molecule has 2 rings (SSSR count). The third-order valence-electron chi connectivity index (χ3n) is 3.94. The molecule has 0 aromatic heterocycles. The van der Waals surface area contributed by atoms with Crippen LogP contribution in [0.3, 0.4) is 0 Å². The minimum atomic E-state index is -0.687. The summed E-state index contributed by atoms with van der Waals surface area (Å²) in [5, 5.41) is 18.8. The number of hydrogen-bond donors (Lipinski definition) is 2. The quantitative estimate of drug-likeness (QED) is 0.339. The van der Waals surface area contributed by atoms with Gasteiger partial charge in [0.05, 0.1) is 13.5 Å². The van der Waals surface area contributed by atoms with Crippen molar-refractivity contribution in [3.63, 3.8) is 0 Å². The predicted octanol–water partition coefficient (Wildman–Crippen LogP) is 1.03. The lowest BCUT2D eigenvalue weighted by Gasteiger charge is -2.32. The van der Waals surface area contributed by atoms with E-state index in [1.807, 2.05) is 4.90 Å². The SMILES string of the molecule is COC(=O)CCN(C1CCCC1)C1N=C(Cl)N=CC1=[N+](O)O. The van der Waals surface area contributed by atoms with E-state index in [1.165, 1.54) is 13.3 Å². The van der Waals surface area contributed by atoms with Crippen LogP contribution in [-0.4, -0.2) is 69.3 Å². The molecule has 0 aromatic carbocycles. The maximum absolute atomic E-state index is 11.4. The maximum Gasteiger partial charge on any atom is 0.345 e. The van der Waals surface area contributed by atoms with Crippen LogP contribution in [0.1, 0.15) is 32.1 Å². The second-order valence-electron chi connectivity index (χ2n) is 5.25. The van der Waals surface area contributed by atoms with Gasteiger partial charge < -0.3 is 4.74 Å². The molecule has 0 radical (unpaired) electrons. The minimum absolute atomic E-state index is 0.00108. The summed E-state index contributed by atoms with van der Waals surface area (Å²) in [4.78, 5) is 21.4. The standard InChI is InChI=1S/C13H20ClN4O4/c1-22-11(19)6-7-17(9-4-2-3-5-9)12-10(18(20)21)8-15-13(14)16-12/h8-9,12,20-21H,2-7H2,1H3/q+1. The van der Waals surface area contributed by atoms with Crippen molar-refractivity contribution in [1.29, 1.82) is 0 Å². The Labute approximate surface area is 133 Å². The molecular formula is C13H20ClN4O4+. The molecule has 1 atom stereocenters. The van der Waals surface area contributed by atoms with E-state index in [0.29, 0.717) is 6.54 Å². The van der Waals surface area contributed by atoms with Crippen molar-refractivity contribution in [3.05, 3.63) is 0 Å². The van der Waals surface area contributed by atoms with Gasteiger partial charge in [-0.3, -0.25) is 9.69 Å². The lowest BCUT2D eigenvalue weighted by atomic mass is 10.1. The molecule has 1 saturated carbocycles. The number of esters is 1. The van der Waals surface area contributed by atoms with Gasteiger partial charge in [0, 0.05) is 12.6 Å². The Balaban J connectivity index is 2.23. The molecule has 2 N–H and O–H groups in total. The summed E-state index contributed by atoms with van der Waals surface area (Å²) in [5.41, 5.74) is 0.0983. The molecule has 1 aliphatic heterocycles. The van der Waals surface area contributed by atoms with E-state index in [9.17, 15) is 15.2 Å². The average molecular weight is 332 g/mol. The molecule has 2 aliphatic rings. The van der Waals surface area contributed by atoms with E-state index in [-0.39, 0.29) is 34.3 Å². The van der Waals surface area contributed by atoms with Gasteiger partial charge in [0.15, 0.2) is 0 Å². The largest absolute Gasteiger partial charge is 0.469 e. The van der Waals surface area contributed by atoms with Gasteiger partial charge in [-0.2, -0.15) is 0 Å². The van der Waals surface area contributed by atoms with Gasteiger partial charge in [0.2, 0.25) is 16.4 Å². The molecule has 1 heterocycles. The van der Waals surface area contributed by atoms with Crippen LogP contribution in [0.2, 0.25) is 0 Å². The second kappa shape index (κ2) is 7.55. The highest BCUT2D eigenvalue weighted by Crippen LogP contribution is 2.27. The molecule has 1 aliphatic carbocycles. The zero-order valence-electron chi connectivity index (χ0n) is 12.4. The second-order valence-corrected chi connectivity index (χ2v) is 5.58. The summed E-state index contributed by atoms with van der Waals surface area (Å²) < 4.78 is 4.68. The van der Waals surface area contributed by atoms with Crippen LogP contribution < -0.4 is 0 Å². The van der Waals surface area contributed by atoms with E-state index >= 15 is 0 Å². The van der Waals surface area contributed by atoms with Crippen LogP contribution in [0.25, 0.3) is 0 Å². The van der Waals surface area contributed by atoms with Crippen molar-refractivity contribution in [2.45, 2.75) is 44.3 Å². The molecule has 0 aromatic rings. The third kappa shape index (κ3) is 3.95. The third-order valence-corrected chi connectivity index (χ3v) is 4.13. The molecule has 0 amide bonds. The number of hydrogen-bond acceptors (Lipinski definition) is 7. The first-order valence-electron chi connectivity index (χ1n) is 7.17. The Morgan fingerprint density at radius 3 is 2.77 bits per heavy atom. The molecule has 9 heteroatoms. The molecule has 0 spiro atoms. The fourth-order valence-corrected chi connectivity index (χ4v) is 2.99. The van der Waals surface area contributed by atoms with Crippen LogP contribution in [0.4, 0.5) is 0 Å². The van der Waals surface area contributed by atoms with Gasteiger partial charge in [0.25, 0.3) is 0 Å². The van der Waals surface area contributed by atoms with Crippen LogP contribution in [0.5, 0.6) is 0 Å². The number of rotatable bonds is 5. The molecule has 8 nitrogen and oxygen atoms in total. The van der Waals surface area contributed by atoms with Gasteiger partial charge in [0.1, 0.15) is 6.21 Å². The van der Waals surface area contributed by atoms with E-state index in [1.54, 1.807) is 0 Å². The highest BCUT2D eigenvalue weighted by molar-refractivity contribution is 6.66. The van der Waals surface area contributed by atoms with E-state index in [4.69, 9.17) is 11.6 Å². The van der Waals surface area contributed by atoms with Crippen molar-refractivity contribution < 1.29 is 24.8 Å². The van der Waals surface area contributed by atoms with Crippen molar-refractivity contribution >= 4 is 34.8 Å². The fraction of sp³-hybridized carbons (Fsp3) is 0.692. The Bertz CT molecular complexity index is 510. The molecular weight excluding hydrogens is 312 g/mol. The highest BCUT2D eigenvalue weighted by Gasteiger charge is 2.38. The lowest BCUT2D eigenvalue weighted by Crippen LogP contribution is -2.50. The number of ether oxygens (including phenoxy) is 1. The number of carbonyl (C=O) groups excluding carboxylic acids is 1. The monoisotopic (exact) mass is 331 g/mol. The van der Waals surface area contributed by atoms with Gasteiger partial charge in [-0.25, -0.2) is 20.4 Å². The van der Waals surface area contributed by atoms with Crippen molar-refractivity contribution in [2.24, 2.45) is 9.98 Å². The Morgan fingerprint density at radius 2 is 2.18 bits per heavy atom. The predicted molar refractivity (Wildman–Crippen MR) is 80.0 cm³/mol. The molecule has 1 unspecified atom stereocenters. The summed E-state index contributed by atoms with van der Waals surface area (Å²) in [7, 11) is 1.34. The molecule has 22 heavy (non-hydrogen) atoms. The van der Waals surface area contributed by atoms with Crippen molar-refractivity contribution in [3.8, 4) is 0 Å². The lowest BCUT2D eigenvalue weighted by molar-refractivity contribution is -0.955. The van der Waals surface area contributed by atoms with Crippen molar-refractivity contribution in [1.82, 2.24) is 4.90 Å². The first-order chi connectivity index (χ1) is 10.5. The van der Waals surface area contributed by atoms with E-state index in [2.05, 4.69) is 14.7 Å². The molecule has 122 valence electrons. The van der Waals surface area contributed by atoms with Crippen LogP contribution in [0.15, 0.2) is 9.98 Å². The summed E-state index contributed by atoms with van der Waals surface area (Å²) in [6.45, 7) is 0.390. The van der Waals surface area contributed by atoms with E-state index < -0.39 is 6.17 Å².